The van der Waals surface area contributed by atoms with Crippen LogP contribution < -0.4 is 13.8 Å². The molecule has 0 amide bonds. The first kappa shape index (κ1) is 46.7. The molecule has 1 aliphatic heterocycles. The van der Waals surface area contributed by atoms with Crippen LogP contribution in [0, 0.1) is 0 Å². The van der Waals surface area contributed by atoms with Crippen LogP contribution in [0.25, 0.3) is 43.6 Å². The number of hydrogen-bond acceptors (Lipinski definition) is 3. The minimum Gasteiger partial charge on any atom is -0.476 e. The van der Waals surface area contributed by atoms with Crippen LogP contribution in [0.1, 0.15) is 126 Å². The van der Waals surface area contributed by atoms with Crippen molar-refractivity contribution in [1.82, 2.24) is 9.55 Å². The second kappa shape index (κ2) is 18.5. The third-order valence-corrected chi connectivity index (χ3v) is 12.8. The van der Waals surface area contributed by atoms with Crippen LogP contribution in [0.15, 0.2) is 121 Å². The van der Waals surface area contributed by atoms with Crippen molar-refractivity contribution in [3.05, 3.63) is 144 Å². The van der Waals surface area contributed by atoms with E-state index >= 15 is 0 Å². The molecule has 326 valence electrons. The van der Waals surface area contributed by atoms with Gasteiger partial charge in [0.25, 0.3) is 0 Å². The third kappa shape index (κ3) is 9.13. The van der Waals surface area contributed by atoms with E-state index in [-0.39, 0.29) is 30.3 Å². The average molecular weight is 867 g/mol. The predicted molar refractivity (Wildman–Crippen MR) is 274 cm³/mol. The van der Waals surface area contributed by atoms with Gasteiger partial charge in [0.05, 0.1) is 34.6 Å². The van der Waals surface area contributed by atoms with Crippen LogP contribution in [0.2, 0.25) is 0 Å². The Labute approximate surface area is 375 Å². The van der Waals surface area contributed by atoms with Crippen molar-refractivity contribution in [2.75, 3.05) is 0 Å². The van der Waals surface area contributed by atoms with Gasteiger partial charge in [-0.15, -0.1) is 0 Å². The Morgan fingerprint density at radius 1 is 0.597 bits per heavy atom. The number of para-hydroxylation sites is 4. The van der Waals surface area contributed by atoms with Gasteiger partial charge in [0.2, 0.25) is 0 Å². The summed E-state index contributed by atoms with van der Waals surface area (Å²) in [6.45, 7) is 30.8. The Bertz CT molecular complexity index is 2710. The summed E-state index contributed by atoms with van der Waals surface area (Å²) in [6, 6.07) is 43.0. The predicted octanol–water partition coefficient (Wildman–Crippen LogP) is 17.1. The summed E-state index contributed by atoms with van der Waals surface area (Å²) in [5.41, 5.74) is 9.09. The summed E-state index contributed by atoms with van der Waals surface area (Å²) in [7, 11) is 2.54. The van der Waals surface area contributed by atoms with Crippen LogP contribution in [-0.2, 0) is 21.5 Å². The van der Waals surface area contributed by atoms with Crippen LogP contribution in [0.3, 0.4) is 0 Å². The number of aromatic amines is 1. The first-order valence-corrected chi connectivity index (χ1v) is 23.6. The van der Waals surface area contributed by atoms with E-state index < -0.39 is 0 Å². The molecule has 7 heteroatoms. The highest BCUT2D eigenvalue weighted by Crippen LogP contribution is 2.58. The number of nitrogens with one attached hydrogen (secondary N) is 1. The number of aromatic nitrogens is 2. The molecule has 0 saturated heterocycles. The average Bonchev–Trinajstić information content (AvgIpc) is 3.80. The van der Waals surface area contributed by atoms with Gasteiger partial charge in [0, 0.05) is 49.1 Å². The fourth-order valence-corrected chi connectivity index (χ4v) is 9.19. The van der Waals surface area contributed by atoms with Gasteiger partial charge in [-0.25, -0.2) is 0 Å². The zero-order chi connectivity index (χ0) is 45.2. The molecule has 2 aromatic heterocycles. The van der Waals surface area contributed by atoms with Gasteiger partial charge in [-0.3, -0.25) is 0 Å². The Hall–Kier alpha value is -4.82. The number of H-pyrrole nitrogens is 1. The first-order valence-electron chi connectivity index (χ1n) is 22.2. The third-order valence-electron chi connectivity index (χ3n) is 11.5. The van der Waals surface area contributed by atoms with Crippen molar-refractivity contribution in [2.24, 2.45) is 0 Å². The molecular formula is C55H68N2O3P2. The monoisotopic (exact) mass is 866 g/mol. The lowest BCUT2D eigenvalue weighted by Gasteiger charge is -2.38. The Balaban J connectivity index is 0.000000295. The van der Waals surface area contributed by atoms with Gasteiger partial charge < -0.3 is 23.3 Å². The molecule has 2 atom stereocenters. The largest absolute Gasteiger partial charge is 0.476 e. The fraction of sp³-hybridized carbons (Fsp3) is 0.345. The van der Waals surface area contributed by atoms with Crippen LogP contribution >= 0.6 is 18.3 Å². The van der Waals surface area contributed by atoms with E-state index in [1.54, 1.807) is 0 Å². The Morgan fingerprint density at radius 2 is 0.984 bits per heavy atom. The Kier molecular flexibility index (Phi) is 13.9. The summed E-state index contributed by atoms with van der Waals surface area (Å²) >= 11 is 0. The second-order valence-corrected chi connectivity index (χ2v) is 21.0. The minimum absolute atomic E-state index is 0.0373. The summed E-state index contributed by atoms with van der Waals surface area (Å²) in [6.07, 6.45) is 1.25. The molecule has 2 unspecified atom stereocenters. The number of nitrogens with zero attached hydrogens (tertiary/aromatic N) is 1. The highest BCUT2D eigenvalue weighted by molar-refractivity contribution is 7.33. The maximum absolute atomic E-state index is 6.92. The molecule has 3 heterocycles. The number of benzene rings is 6. The van der Waals surface area contributed by atoms with Gasteiger partial charge in [-0.2, -0.15) is 0 Å². The topological polar surface area (TPSA) is 48.4 Å². The van der Waals surface area contributed by atoms with Crippen molar-refractivity contribution in [3.8, 4) is 23.0 Å². The standard InChI is InChI=1S/C38H45NO3P2.C12H9N.C3H8.C2H6/c1-35(2,3)23-19-27-33(31(21-23)41-43)40-34-28(37(27,7)8)20-24(36(4,5)6)22-32(34)42-44-38(9,10)39-29-17-13-11-15-25(29)26-16-12-14-18-30(26)39;1-3-7-11-9(5-1)10-6-2-4-8-12(10)13-11;1-3-2;1-2/h11-22,44H,43H2,1-10H3;1-8,13H;3H2,1-2H3;1-2H3. The van der Waals surface area contributed by atoms with E-state index in [0.29, 0.717) is 0 Å². The molecule has 0 saturated carbocycles. The molecule has 1 N–H and O–H groups in total. The summed E-state index contributed by atoms with van der Waals surface area (Å²) < 4.78 is 22.1. The highest BCUT2D eigenvalue weighted by Gasteiger charge is 2.40. The zero-order valence-corrected chi connectivity index (χ0v) is 41.7. The number of hydrogen-bond donors (Lipinski definition) is 1. The van der Waals surface area contributed by atoms with Crippen molar-refractivity contribution < 1.29 is 13.8 Å². The van der Waals surface area contributed by atoms with Gasteiger partial charge in [0.15, 0.2) is 23.0 Å². The zero-order valence-electron chi connectivity index (χ0n) is 39.5. The van der Waals surface area contributed by atoms with E-state index in [2.05, 4.69) is 223 Å². The van der Waals surface area contributed by atoms with Crippen LogP contribution in [-0.4, -0.2) is 9.55 Å². The quantitative estimate of drug-likeness (QED) is 0.175. The maximum atomic E-state index is 6.92. The molecule has 5 nitrogen and oxygen atoms in total. The molecular weight excluding hydrogens is 799 g/mol. The van der Waals surface area contributed by atoms with Gasteiger partial charge in [0.1, 0.15) is 0 Å². The van der Waals surface area contributed by atoms with Gasteiger partial charge >= 0.3 is 0 Å². The summed E-state index contributed by atoms with van der Waals surface area (Å²) in [5, 5.41) is 4.80. The lowest BCUT2D eigenvalue weighted by Crippen LogP contribution is -2.27. The minimum atomic E-state index is -0.340. The molecule has 0 spiro atoms. The number of rotatable bonds is 5. The van der Waals surface area contributed by atoms with Crippen LogP contribution in [0.4, 0.5) is 0 Å². The Morgan fingerprint density at radius 3 is 1.42 bits per heavy atom. The molecule has 1 aliphatic rings. The number of ether oxygens (including phenoxy) is 1. The van der Waals surface area contributed by atoms with Gasteiger partial charge in [-0.05, 0) is 72.2 Å². The first-order chi connectivity index (χ1) is 29.4. The molecule has 62 heavy (non-hydrogen) atoms. The van der Waals surface area contributed by atoms with Crippen LogP contribution in [0.5, 0.6) is 23.0 Å². The lowest BCUT2D eigenvalue weighted by atomic mass is 9.72. The normalized spacial score (nSPS) is 13.3. The molecule has 0 radical (unpaired) electrons. The second-order valence-electron chi connectivity index (χ2n) is 19.1. The van der Waals surface area contributed by atoms with Gasteiger partial charge in [-0.1, -0.05) is 174 Å². The van der Waals surface area contributed by atoms with Crippen molar-refractivity contribution >= 4 is 61.9 Å². The maximum Gasteiger partial charge on any atom is 0.173 e. The molecule has 0 fully saturated rings. The molecule has 9 rings (SSSR count). The molecule has 0 bridgehead atoms. The SMILES string of the molecule is CC.CC(C)(C)c1cc(OP)c2c(c1)C(C)(C)c1cc(C(C)(C)C)cc(OPC(C)(C)n3c4ccccc4c4ccccc43)c1O2.CCC.c1ccc2c(c1)[nH]c1ccccc12. The van der Waals surface area contributed by atoms with Crippen molar-refractivity contribution in [2.45, 2.75) is 125 Å². The summed E-state index contributed by atoms with van der Waals surface area (Å²) in [5.74, 6) is 3.01. The van der Waals surface area contributed by atoms with E-state index in [1.807, 2.05) is 13.8 Å². The highest BCUT2D eigenvalue weighted by atomic mass is 31.1. The van der Waals surface area contributed by atoms with E-state index in [9.17, 15) is 0 Å². The lowest BCUT2D eigenvalue weighted by molar-refractivity contribution is 0.383. The molecule has 6 aromatic carbocycles. The number of fused-ring (bicyclic) bond motifs is 8. The van der Waals surface area contributed by atoms with Crippen molar-refractivity contribution in [1.29, 1.82) is 0 Å². The van der Waals surface area contributed by atoms with E-state index in [0.717, 1.165) is 34.1 Å². The molecule has 8 aromatic rings. The van der Waals surface area contributed by atoms with E-state index in [1.165, 1.54) is 61.2 Å². The van der Waals surface area contributed by atoms with Crippen molar-refractivity contribution in [3.63, 3.8) is 0 Å². The molecule has 0 aliphatic carbocycles. The fourth-order valence-electron chi connectivity index (χ4n) is 8.17. The summed E-state index contributed by atoms with van der Waals surface area (Å²) in [4.78, 5) is 3.38. The van der Waals surface area contributed by atoms with E-state index in [4.69, 9.17) is 13.8 Å². The smallest absolute Gasteiger partial charge is 0.173 e.